The van der Waals surface area contributed by atoms with Crippen molar-refractivity contribution < 1.29 is 14.7 Å². The van der Waals surface area contributed by atoms with Crippen LogP contribution in [-0.2, 0) is 11.3 Å². The molecule has 1 amide bonds. The minimum Gasteiger partial charge on any atom is -0.480 e. The Morgan fingerprint density at radius 2 is 2.00 bits per heavy atom. The number of hydrogen-bond acceptors (Lipinski definition) is 3. The van der Waals surface area contributed by atoms with Gasteiger partial charge >= 0.3 is 5.97 Å². The molecule has 0 aliphatic heterocycles. The fourth-order valence-corrected chi connectivity index (χ4v) is 2.48. The van der Waals surface area contributed by atoms with E-state index in [1.807, 2.05) is 36.7 Å². The summed E-state index contributed by atoms with van der Waals surface area (Å²) < 4.78 is 1.88. The first-order valence-corrected chi connectivity index (χ1v) is 7.51. The number of carbonyl (C=O) groups excluding carboxylic acids is 1. The average molecular weight is 315 g/mol. The highest BCUT2D eigenvalue weighted by atomic mass is 16.4. The van der Waals surface area contributed by atoms with Gasteiger partial charge in [-0.3, -0.25) is 14.3 Å². The van der Waals surface area contributed by atoms with Crippen LogP contribution in [0.4, 0.5) is 0 Å². The van der Waals surface area contributed by atoms with Crippen LogP contribution in [0.2, 0.25) is 0 Å². The van der Waals surface area contributed by atoms with Gasteiger partial charge in [-0.25, -0.2) is 0 Å². The predicted molar refractivity (Wildman–Crippen MR) is 86.5 cm³/mol. The van der Waals surface area contributed by atoms with Crippen molar-refractivity contribution in [3.63, 3.8) is 0 Å². The summed E-state index contributed by atoms with van der Waals surface area (Å²) in [5.74, 6) is -1.29. The Hall–Kier alpha value is -2.63. The van der Waals surface area contributed by atoms with Crippen LogP contribution in [0.1, 0.15) is 34.2 Å². The van der Waals surface area contributed by atoms with Crippen LogP contribution in [0.25, 0.3) is 0 Å². The van der Waals surface area contributed by atoms with Crippen molar-refractivity contribution in [3.8, 4) is 0 Å². The van der Waals surface area contributed by atoms with Gasteiger partial charge in [0.05, 0.1) is 12.2 Å². The highest BCUT2D eigenvalue weighted by Gasteiger charge is 2.17. The summed E-state index contributed by atoms with van der Waals surface area (Å²) in [4.78, 5) is 24.6. The number of carboxylic acid groups (broad SMARTS) is 1. The maximum absolute atomic E-state index is 12.4. The van der Waals surface area contributed by atoms with Crippen LogP contribution in [0.15, 0.2) is 30.3 Å². The van der Waals surface area contributed by atoms with E-state index in [0.717, 1.165) is 17.0 Å². The fourth-order valence-electron chi connectivity index (χ4n) is 2.48. The number of rotatable bonds is 6. The lowest BCUT2D eigenvalue weighted by Crippen LogP contribution is -2.35. The second kappa shape index (κ2) is 7.09. The standard InChI is InChI=1S/C17H21N3O3/c1-4-19(11-16(21)22)17(23)15-7-5-6-14(9-15)10-20-13(3)8-12(2)18-20/h5-9H,4,10-11H2,1-3H3,(H,21,22). The van der Waals surface area contributed by atoms with Gasteiger partial charge < -0.3 is 10.0 Å². The van der Waals surface area contributed by atoms with E-state index in [4.69, 9.17) is 5.11 Å². The minimum atomic E-state index is -1.01. The summed E-state index contributed by atoms with van der Waals surface area (Å²) in [7, 11) is 0. The van der Waals surface area contributed by atoms with Crippen LogP contribution in [-0.4, -0.2) is 44.8 Å². The first-order valence-electron chi connectivity index (χ1n) is 7.51. The molecular weight excluding hydrogens is 294 g/mol. The molecule has 6 nitrogen and oxygen atoms in total. The van der Waals surface area contributed by atoms with Crippen molar-refractivity contribution in [2.75, 3.05) is 13.1 Å². The Morgan fingerprint density at radius 3 is 2.57 bits per heavy atom. The summed E-state index contributed by atoms with van der Waals surface area (Å²) in [5, 5.41) is 13.3. The summed E-state index contributed by atoms with van der Waals surface area (Å²) in [6.07, 6.45) is 0. The molecule has 0 aliphatic carbocycles. The third kappa shape index (κ3) is 4.18. The fraction of sp³-hybridized carbons (Fsp3) is 0.353. The van der Waals surface area contributed by atoms with E-state index in [0.29, 0.717) is 18.7 Å². The van der Waals surface area contributed by atoms with Crippen LogP contribution < -0.4 is 0 Å². The van der Waals surface area contributed by atoms with Gasteiger partial charge in [-0.1, -0.05) is 12.1 Å². The molecule has 0 atom stereocenters. The number of aliphatic carboxylic acids is 1. The lowest BCUT2D eigenvalue weighted by molar-refractivity contribution is -0.137. The summed E-state index contributed by atoms with van der Waals surface area (Å²) in [5.41, 5.74) is 3.45. The predicted octanol–water partition coefficient (Wildman–Crippen LogP) is 2.09. The largest absolute Gasteiger partial charge is 0.480 e. The quantitative estimate of drug-likeness (QED) is 0.885. The number of aromatic nitrogens is 2. The third-order valence-corrected chi connectivity index (χ3v) is 3.60. The number of likely N-dealkylation sites (N-methyl/N-ethyl adjacent to an activating group) is 1. The van der Waals surface area contributed by atoms with Crippen molar-refractivity contribution in [1.82, 2.24) is 14.7 Å². The highest BCUT2D eigenvalue weighted by Crippen LogP contribution is 2.12. The molecule has 1 aromatic heterocycles. The number of amides is 1. The molecule has 2 aromatic rings. The number of carbonyl (C=O) groups is 2. The van der Waals surface area contributed by atoms with Gasteiger partial charge in [-0.2, -0.15) is 5.10 Å². The van der Waals surface area contributed by atoms with Crippen LogP contribution in [0.5, 0.6) is 0 Å². The average Bonchev–Trinajstić information content (AvgIpc) is 2.82. The van der Waals surface area contributed by atoms with Gasteiger partial charge in [0.25, 0.3) is 5.91 Å². The van der Waals surface area contributed by atoms with Gasteiger partial charge in [-0.05, 0) is 44.5 Å². The Morgan fingerprint density at radius 1 is 1.26 bits per heavy atom. The third-order valence-electron chi connectivity index (χ3n) is 3.60. The van der Waals surface area contributed by atoms with E-state index in [1.54, 1.807) is 19.1 Å². The van der Waals surface area contributed by atoms with Crippen LogP contribution in [0, 0.1) is 13.8 Å². The highest BCUT2D eigenvalue weighted by molar-refractivity contribution is 5.96. The Balaban J connectivity index is 2.20. The number of benzene rings is 1. The van der Waals surface area contributed by atoms with E-state index in [-0.39, 0.29) is 12.5 Å². The van der Waals surface area contributed by atoms with E-state index >= 15 is 0 Å². The summed E-state index contributed by atoms with van der Waals surface area (Å²) >= 11 is 0. The zero-order valence-electron chi connectivity index (χ0n) is 13.6. The molecule has 0 saturated heterocycles. The topological polar surface area (TPSA) is 75.4 Å². The molecule has 0 radical (unpaired) electrons. The second-order valence-corrected chi connectivity index (χ2v) is 5.50. The van der Waals surface area contributed by atoms with E-state index in [1.165, 1.54) is 4.90 Å². The molecule has 122 valence electrons. The maximum Gasteiger partial charge on any atom is 0.323 e. The zero-order chi connectivity index (χ0) is 17.0. The van der Waals surface area contributed by atoms with Crippen molar-refractivity contribution in [2.24, 2.45) is 0 Å². The first-order chi connectivity index (χ1) is 10.9. The van der Waals surface area contributed by atoms with Crippen LogP contribution >= 0.6 is 0 Å². The molecule has 1 heterocycles. The van der Waals surface area contributed by atoms with Crippen LogP contribution in [0.3, 0.4) is 0 Å². The molecule has 0 fully saturated rings. The minimum absolute atomic E-state index is 0.273. The lowest BCUT2D eigenvalue weighted by Gasteiger charge is -2.19. The molecule has 0 spiro atoms. The summed E-state index contributed by atoms with van der Waals surface area (Å²) in [6, 6.07) is 9.24. The smallest absolute Gasteiger partial charge is 0.323 e. The Bertz CT molecular complexity index is 722. The monoisotopic (exact) mass is 315 g/mol. The van der Waals surface area contributed by atoms with Gasteiger partial charge in [0.15, 0.2) is 0 Å². The number of carboxylic acids is 1. The normalized spacial score (nSPS) is 10.6. The molecule has 0 aliphatic rings. The molecule has 2 rings (SSSR count). The van der Waals surface area contributed by atoms with Gasteiger partial charge in [-0.15, -0.1) is 0 Å². The first kappa shape index (κ1) is 16.7. The summed E-state index contributed by atoms with van der Waals surface area (Å²) in [6.45, 7) is 6.32. The van der Waals surface area contributed by atoms with Gasteiger partial charge in [0.1, 0.15) is 6.54 Å². The number of aryl methyl sites for hydroxylation is 2. The number of hydrogen-bond donors (Lipinski definition) is 1. The molecule has 23 heavy (non-hydrogen) atoms. The molecule has 1 aromatic carbocycles. The van der Waals surface area contributed by atoms with E-state index in [2.05, 4.69) is 5.10 Å². The Kier molecular flexibility index (Phi) is 5.16. The maximum atomic E-state index is 12.4. The molecule has 1 N–H and O–H groups in total. The number of nitrogens with zero attached hydrogens (tertiary/aromatic N) is 3. The molecule has 0 unspecified atom stereocenters. The second-order valence-electron chi connectivity index (χ2n) is 5.50. The van der Waals surface area contributed by atoms with Gasteiger partial charge in [0.2, 0.25) is 0 Å². The molecule has 0 saturated carbocycles. The van der Waals surface area contributed by atoms with Crippen molar-refractivity contribution in [1.29, 1.82) is 0 Å². The van der Waals surface area contributed by atoms with E-state index in [9.17, 15) is 9.59 Å². The SMILES string of the molecule is CCN(CC(=O)O)C(=O)c1cccc(Cn2nc(C)cc2C)c1. The zero-order valence-corrected chi connectivity index (χ0v) is 13.6. The lowest BCUT2D eigenvalue weighted by atomic mass is 10.1. The van der Waals surface area contributed by atoms with Crippen molar-refractivity contribution in [3.05, 3.63) is 52.8 Å². The Labute approximate surface area is 135 Å². The molecular formula is C17H21N3O3. The van der Waals surface area contributed by atoms with Crippen molar-refractivity contribution in [2.45, 2.75) is 27.3 Å². The van der Waals surface area contributed by atoms with Gasteiger partial charge in [0, 0.05) is 17.8 Å². The van der Waals surface area contributed by atoms with E-state index < -0.39 is 5.97 Å². The molecule has 0 bridgehead atoms. The van der Waals surface area contributed by atoms with Crippen molar-refractivity contribution >= 4 is 11.9 Å². The molecule has 6 heteroatoms.